The molecule has 0 aromatic carbocycles. The van der Waals surface area contributed by atoms with Crippen LogP contribution in [0.25, 0.3) is 0 Å². The van der Waals surface area contributed by atoms with E-state index in [0.29, 0.717) is 0 Å². The van der Waals surface area contributed by atoms with Crippen molar-refractivity contribution in [3.05, 3.63) is 23.0 Å². The van der Waals surface area contributed by atoms with Gasteiger partial charge in [-0.2, -0.15) is 0 Å². The maximum atomic E-state index is 10.9. The van der Waals surface area contributed by atoms with E-state index in [4.69, 9.17) is 10.8 Å². The predicted octanol–water partition coefficient (Wildman–Crippen LogP) is 1.32. The monoisotopic (exact) mass is 210 g/mol. The quantitative estimate of drug-likeness (QED) is 0.704. The molecule has 84 valence electrons. The molecule has 0 fully saturated rings. The predicted molar refractivity (Wildman–Crippen MR) is 58.9 cm³/mol. The highest BCUT2D eigenvalue weighted by Crippen LogP contribution is 2.29. The van der Waals surface area contributed by atoms with E-state index in [0.717, 1.165) is 17.0 Å². The molecule has 4 N–H and O–H groups in total. The normalized spacial score (nSPS) is 13.9. The van der Waals surface area contributed by atoms with Gasteiger partial charge in [0.05, 0.1) is 0 Å². The van der Waals surface area contributed by atoms with Crippen molar-refractivity contribution in [2.24, 2.45) is 5.73 Å². The molecule has 0 aliphatic heterocycles. The van der Waals surface area contributed by atoms with Crippen LogP contribution in [0.5, 0.6) is 0 Å². The summed E-state index contributed by atoms with van der Waals surface area (Å²) in [4.78, 5) is 14.1. The van der Waals surface area contributed by atoms with Gasteiger partial charge in [-0.3, -0.25) is 4.79 Å². The molecule has 1 atom stereocenters. The van der Waals surface area contributed by atoms with Gasteiger partial charge >= 0.3 is 5.97 Å². The highest BCUT2D eigenvalue weighted by Gasteiger charge is 2.35. The molecule has 0 spiro atoms. The molecule has 1 unspecified atom stereocenters. The van der Waals surface area contributed by atoms with Crippen LogP contribution < -0.4 is 5.73 Å². The van der Waals surface area contributed by atoms with Crippen LogP contribution in [0.15, 0.2) is 6.07 Å². The van der Waals surface area contributed by atoms with Crippen molar-refractivity contribution in [3.8, 4) is 0 Å². The zero-order valence-electron chi connectivity index (χ0n) is 9.59. The summed E-state index contributed by atoms with van der Waals surface area (Å²) < 4.78 is 0. The first-order valence-corrected chi connectivity index (χ1v) is 4.92. The molecule has 0 aliphatic rings. The number of aromatic amines is 1. The Hall–Kier alpha value is -1.29. The molecule has 4 heteroatoms. The lowest BCUT2D eigenvalue weighted by Crippen LogP contribution is -2.46. The second-order valence-electron chi connectivity index (χ2n) is 4.53. The summed E-state index contributed by atoms with van der Waals surface area (Å²) >= 11 is 0. The largest absolute Gasteiger partial charge is 0.480 e. The van der Waals surface area contributed by atoms with Crippen LogP contribution in [0.1, 0.15) is 30.8 Å². The average molecular weight is 210 g/mol. The Morgan fingerprint density at radius 1 is 1.53 bits per heavy atom. The summed E-state index contributed by atoms with van der Waals surface area (Å²) in [6.45, 7) is 7.57. The fourth-order valence-electron chi connectivity index (χ4n) is 1.87. The molecule has 0 saturated carbocycles. The first-order chi connectivity index (χ1) is 6.76. The van der Waals surface area contributed by atoms with Gasteiger partial charge in [0, 0.05) is 16.8 Å². The number of hydrogen-bond donors (Lipinski definition) is 3. The average Bonchev–Trinajstić information content (AvgIpc) is 2.44. The zero-order valence-corrected chi connectivity index (χ0v) is 9.59. The van der Waals surface area contributed by atoms with E-state index in [9.17, 15) is 4.79 Å². The van der Waals surface area contributed by atoms with Crippen molar-refractivity contribution in [1.29, 1.82) is 0 Å². The SMILES string of the molecule is Cc1cc(C(C)(C)C(N)C(=O)O)c(C)[nH]1. The number of aryl methyl sites for hydroxylation is 2. The topological polar surface area (TPSA) is 79.1 Å². The summed E-state index contributed by atoms with van der Waals surface area (Å²) in [5.41, 5.74) is 8.09. The van der Waals surface area contributed by atoms with Crippen LogP contribution in [0.4, 0.5) is 0 Å². The zero-order chi connectivity index (χ0) is 11.8. The maximum absolute atomic E-state index is 10.9. The van der Waals surface area contributed by atoms with Crippen LogP contribution in [0.3, 0.4) is 0 Å². The van der Waals surface area contributed by atoms with Crippen LogP contribution in [0.2, 0.25) is 0 Å². The van der Waals surface area contributed by atoms with Gasteiger partial charge in [-0.1, -0.05) is 13.8 Å². The molecule has 1 heterocycles. The summed E-state index contributed by atoms with van der Waals surface area (Å²) in [6.07, 6.45) is 0. The number of rotatable bonds is 3. The van der Waals surface area contributed by atoms with E-state index in [2.05, 4.69) is 4.98 Å². The van der Waals surface area contributed by atoms with E-state index in [-0.39, 0.29) is 0 Å². The van der Waals surface area contributed by atoms with E-state index in [1.54, 1.807) is 0 Å². The summed E-state index contributed by atoms with van der Waals surface area (Å²) in [5.74, 6) is -0.974. The van der Waals surface area contributed by atoms with Crippen LogP contribution >= 0.6 is 0 Å². The molecule has 0 radical (unpaired) electrons. The van der Waals surface area contributed by atoms with Crippen molar-refractivity contribution in [2.45, 2.75) is 39.2 Å². The Labute approximate surface area is 89.5 Å². The second kappa shape index (κ2) is 3.70. The van der Waals surface area contributed by atoms with Crippen LogP contribution in [0, 0.1) is 13.8 Å². The highest BCUT2D eigenvalue weighted by atomic mass is 16.4. The molecule has 4 nitrogen and oxygen atoms in total. The van der Waals surface area contributed by atoms with Crippen molar-refractivity contribution in [3.63, 3.8) is 0 Å². The molecule has 1 rings (SSSR count). The summed E-state index contributed by atoms with van der Waals surface area (Å²) in [5, 5.41) is 8.94. The number of nitrogens with two attached hydrogens (primary N) is 1. The molecule has 15 heavy (non-hydrogen) atoms. The Morgan fingerprint density at radius 2 is 2.07 bits per heavy atom. The maximum Gasteiger partial charge on any atom is 0.321 e. The molecular weight excluding hydrogens is 192 g/mol. The molecule has 0 amide bonds. The first-order valence-electron chi connectivity index (χ1n) is 4.92. The lowest BCUT2D eigenvalue weighted by molar-refractivity contribution is -0.140. The third-order valence-corrected chi connectivity index (χ3v) is 2.89. The fraction of sp³-hybridized carbons (Fsp3) is 0.545. The number of aromatic nitrogens is 1. The Morgan fingerprint density at radius 3 is 2.40 bits per heavy atom. The van der Waals surface area contributed by atoms with E-state index in [1.165, 1.54) is 0 Å². The molecule has 0 bridgehead atoms. The van der Waals surface area contributed by atoms with Gasteiger partial charge in [0.25, 0.3) is 0 Å². The molecule has 0 aliphatic carbocycles. The molecule has 1 aromatic heterocycles. The Balaban J connectivity index is 3.15. The molecule has 1 aromatic rings. The Kier molecular flexibility index (Phi) is 2.90. The summed E-state index contributed by atoms with van der Waals surface area (Å²) in [7, 11) is 0. The van der Waals surface area contributed by atoms with Crippen molar-refractivity contribution in [2.75, 3.05) is 0 Å². The van der Waals surface area contributed by atoms with Gasteiger partial charge < -0.3 is 15.8 Å². The lowest BCUT2D eigenvalue weighted by atomic mass is 9.78. The second-order valence-corrected chi connectivity index (χ2v) is 4.53. The number of H-pyrrole nitrogens is 1. The van der Waals surface area contributed by atoms with Gasteiger partial charge in [0.1, 0.15) is 6.04 Å². The van der Waals surface area contributed by atoms with Gasteiger partial charge in [-0.25, -0.2) is 0 Å². The van der Waals surface area contributed by atoms with Crippen molar-refractivity contribution < 1.29 is 9.90 Å². The minimum atomic E-state index is -0.974. The molecule has 0 saturated heterocycles. The number of carbonyl (C=O) groups is 1. The third kappa shape index (κ3) is 2.04. The minimum absolute atomic E-state index is 0.569. The minimum Gasteiger partial charge on any atom is -0.480 e. The molecular formula is C11H18N2O2. The van der Waals surface area contributed by atoms with E-state index in [1.807, 2.05) is 33.8 Å². The smallest absolute Gasteiger partial charge is 0.321 e. The van der Waals surface area contributed by atoms with E-state index < -0.39 is 17.4 Å². The number of hydrogen-bond acceptors (Lipinski definition) is 2. The van der Waals surface area contributed by atoms with Gasteiger partial charge in [0.2, 0.25) is 0 Å². The first kappa shape index (κ1) is 11.8. The highest BCUT2D eigenvalue weighted by molar-refractivity contribution is 5.75. The van der Waals surface area contributed by atoms with Crippen LogP contribution in [-0.4, -0.2) is 22.1 Å². The van der Waals surface area contributed by atoms with Gasteiger partial charge in [-0.15, -0.1) is 0 Å². The number of nitrogens with one attached hydrogen (secondary N) is 1. The standard InChI is InChI=1S/C11H18N2O2/c1-6-5-8(7(2)13-6)11(3,4)9(12)10(14)15/h5,9,13H,12H2,1-4H3,(H,14,15). The van der Waals surface area contributed by atoms with E-state index >= 15 is 0 Å². The fourth-order valence-corrected chi connectivity index (χ4v) is 1.87. The van der Waals surface area contributed by atoms with Gasteiger partial charge in [-0.05, 0) is 25.5 Å². The number of carboxylic acids is 1. The number of carboxylic acid groups (broad SMARTS) is 1. The van der Waals surface area contributed by atoms with Crippen LogP contribution in [-0.2, 0) is 10.2 Å². The third-order valence-electron chi connectivity index (χ3n) is 2.89. The number of aliphatic carboxylic acids is 1. The van der Waals surface area contributed by atoms with Crippen molar-refractivity contribution >= 4 is 5.97 Å². The lowest BCUT2D eigenvalue weighted by Gasteiger charge is -2.28. The Bertz CT molecular complexity index is 380. The van der Waals surface area contributed by atoms with Gasteiger partial charge in [0.15, 0.2) is 0 Å². The van der Waals surface area contributed by atoms with Crippen molar-refractivity contribution in [1.82, 2.24) is 4.98 Å². The summed E-state index contributed by atoms with van der Waals surface area (Å²) in [6, 6.07) is 1.06.